The molecule has 1 aliphatic rings. The molecule has 0 radical (unpaired) electrons. The van der Waals surface area contributed by atoms with E-state index in [0.717, 1.165) is 22.6 Å². The van der Waals surface area contributed by atoms with Gasteiger partial charge in [-0.05, 0) is 35.4 Å². The molecule has 1 heterocycles. The van der Waals surface area contributed by atoms with Gasteiger partial charge in [-0.25, -0.2) is 13.7 Å². The van der Waals surface area contributed by atoms with E-state index in [0.29, 0.717) is 17.1 Å². The molecule has 0 spiro atoms. The maximum atomic E-state index is 13.8. The maximum Gasteiger partial charge on any atom is 0.282 e. The van der Waals surface area contributed by atoms with Crippen LogP contribution in [0.1, 0.15) is 11.1 Å². The number of carbonyl (C=O) groups excluding carboxylic acids is 2. The largest absolute Gasteiger partial charge is 0.365 e. The van der Waals surface area contributed by atoms with Gasteiger partial charge in [-0.3, -0.25) is 9.59 Å². The van der Waals surface area contributed by atoms with Crippen molar-refractivity contribution in [3.05, 3.63) is 106 Å². The van der Waals surface area contributed by atoms with Gasteiger partial charge in [0.2, 0.25) is 0 Å². The lowest BCUT2D eigenvalue weighted by Crippen LogP contribution is -2.34. The summed E-state index contributed by atoms with van der Waals surface area (Å²) in [6.07, 6.45) is 0. The van der Waals surface area contributed by atoms with Crippen molar-refractivity contribution in [2.45, 2.75) is 6.54 Å². The number of carbonyl (C=O) groups is 2. The third-order valence-electron chi connectivity index (χ3n) is 5.00. The van der Waals surface area contributed by atoms with Gasteiger partial charge in [0.1, 0.15) is 5.70 Å². The van der Waals surface area contributed by atoms with Gasteiger partial charge in [-0.15, -0.1) is 0 Å². The minimum atomic E-state index is -1.14. The number of hydrogen-bond donors (Lipinski definition) is 0. The van der Waals surface area contributed by atoms with Crippen LogP contribution >= 0.6 is 11.6 Å². The molecule has 4 rings (SSSR count). The number of amides is 2. The summed E-state index contributed by atoms with van der Waals surface area (Å²) in [6.45, 7) is 0.373. The summed E-state index contributed by atoms with van der Waals surface area (Å²) in [5.41, 5.74) is 1.75. The Bertz CT molecular complexity index is 1190. The first kappa shape index (κ1) is 20.8. The fourth-order valence-electron chi connectivity index (χ4n) is 3.54. The van der Waals surface area contributed by atoms with Crippen LogP contribution in [0, 0.1) is 11.6 Å². The lowest BCUT2D eigenvalue weighted by atomic mass is 10.0. The van der Waals surface area contributed by atoms with Crippen LogP contribution in [0.15, 0.2) is 78.5 Å². The van der Waals surface area contributed by atoms with Gasteiger partial charge in [0.05, 0.1) is 11.3 Å². The van der Waals surface area contributed by atoms with Gasteiger partial charge in [-0.1, -0.05) is 54.1 Å². The second-order valence-electron chi connectivity index (χ2n) is 7.12. The Hall–Kier alpha value is -3.51. The number of likely N-dealkylation sites (N-methyl/N-ethyl adjacent to an activating group) is 1. The van der Waals surface area contributed by atoms with Crippen molar-refractivity contribution in [3.8, 4) is 0 Å². The van der Waals surface area contributed by atoms with Crippen molar-refractivity contribution in [1.82, 2.24) is 4.90 Å². The number of benzene rings is 3. The molecule has 31 heavy (non-hydrogen) atoms. The quantitative estimate of drug-likeness (QED) is 0.524. The molecule has 0 N–H and O–H groups in total. The zero-order valence-electron chi connectivity index (χ0n) is 16.5. The first-order valence-corrected chi connectivity index (χ1v) is 9.83. The van der Waals surface area contributed by atoms with Crippen molar-refractivity contribution in [2.24, 2.45) is 0 Å². The molecule has 7 heteroatoms. The summed E-state index contributed by atoms with van der Waals surface area (Å²) in [4.78, 5) is 29.2. The summed E-state index contributed by atoms with van der Waals surface area (Å²) in [5.74, 6) is -3.43. The predicted octanol–water partition coefficient (Wildman–Crippen LogP) is 5.03. The number of hydrogen-bond acceptors (Lipinski definition) is 3. The molecule has 2 amide bonds. The van der Waals surface area contributed by atoms with Crippen LogP contribution in [0.5, 0.6) is 0 Å². The van der Waals surface area contributed by atoms with Gasteiger partial charge in [0.25, 0.3) is 11.8 Å². The predicted molar refractivity (Wildman–Crippen MR) is 115 cm³/mol. The first-order chi connectivity index (χ1) is 14.9. The summed E-state index contributed by atoms with van der Waals surface area (Å²) < 4.78 is 27.2. The van der Waals surface area contributed by atoms with Crippen LogP contribution in [0.2, 0.25) is 5.02 Å². The minimum absolute atomic E-state index is 0.0384. The van der Waals surface area contributed by atoms with Crippen LogP contribution in [-0.4, -0.2) is 23.8 Å². The van der Waals surface area contributed by atoms with Gasteiger partial charge >= 0.3 is 0 Å². The summed E-state index contributed by atoms with van der Waals surface area (Å²) in [5, 5.41) is 0.484. The molecule has 1 aliphatic heterocycles. The minimum Gasteiger partial charge on any atom is -0.365 e. The van der Waals surface area contributed by atoms with Gasteiger partial charge in [0.15, 0.2) is 11.6 Å². The fraction of sp³-hybridized carbons (Fsp3) is 0.0833. The van der Waals surface area contributed by atoms with E-state index in [1.807, 2.05) is 30.3 Å². The zero-order chi connectivity index (χ0) is 22.1. The SMILES string of the molecule is CN(Cc1ccccc1)C1=C(c2ccc(Cl)cc2)C(=O)N(c2ccc(F)c(F)c2)C1=O. The molecule has 0 saturated heterocycles. The molecule has 0 fully saturated rings. The van der Waals surface area contributed by atoms with Gasteiger partial charge in [-0.2, -0.15) is 0 Å². The third kappa shape index (κ3) is 3.94. The molecular weight excluding hydrogens is 422 g/mol. The van der Waals surface area contributed by atoms with Crippen LogP contribution < -0.4 is 4.90 Å². The smallest absolute Gasteiger partial charge is 0.282 e. The first-order valence-electron chi connectivity index (χ1n) is 9.46. The third-order valence-corrected chi connectivity index (χ3v) is 5.25. The Morgan fingerprint density at radius 1 is 0.871 bits per heavy atom. The molecule has 4 nitrogen and oxygen atoms in total. The van der Waals surface area contributed by atoms with E-state index in [4.69, 9.17) is 11.6 Å². The van der Waals surface area contributed by atoms with Crippen molar-refractivity contribution >= 4 is 34.7 Å². The Morgan fingerprint density at radius 3 is 2.19 bits per heavy atom. The lowest BCUT2D eigenvalue weighted by molar-refractivity contribution is -0.120. The van der Waals surface area contributed by atoms with Crippen LogP contribution in [-0.2, 0) is 16.1 Å². The van der Waals surface area contributed by atoms with E-state index >= 15 is 0 Å². The topological polar surface area (TPSA) is 40.6 Å². The van der Waals surface area contributed by atoms with E-state index < -0.39 is 23.4 Å². The fourth-order valence-corrected chi connectivity index (χ4v) is 3.67. The molecule has 0 aliphatic carbocycles. The molecule has 0 unspecified atom stereocenters. The molecule has 0 saturated carbocycles. The highest BCUT2D eigenvalue weighted by atomic mass is 35.5. The van der Waals surface area contributed by atoms with Crippen molar-refractivity contribution < 1.29 is 18.4 Å². The highest BCUT2D eigenvalue weighted by Crippen LogP contribution is 2.35. The van der Waals surface area contributed by atoms with E-state index in [1.165, 1.54) is 6.07 Å². The molecule has 0 atom stereocenters. The Labute approximate surface area is 183 Å². The Kier molecular flexibility index (Phi) is 5.57. The van der Waals surface area contributed by atoms with Crippen LogP contribution in [0.4, 0.5) is 14.5 Å². The summed E-state index contributed by atoms with van der Waals surface area (Å²) >= 11 is 5.98. The highest BCUT2D eigenvalue weighted by Gasteiger charge is 2.42. The van der Waals surface area contributed by atoms with E-state index in [2.05, 4.69) is 0 Å². The normalized spacial score (nSPS) is 13.9. The highest BCUT2D eigenvalue weighted by molar-refractivity contribution is 6.45. The second-order valence-corrected chi connectivity index (χ2v) is 7.55. The van der Waals surface area contributed by atoms with E-state index in [-0.39, 0.29) is 17.0 Å². The van der Waals surface area contributed by atoms with E-state index in [1.54, 1.807) is 36.2 Å². The molecular formula is C24H17ClF2N2O2. The molecule has 3 aromatic rings. The number of rotatable bonds is 5. The number of nitrogens with zero attached hydrogens (tertiary/aromatic N) is 2. The average molecular weight is 439 g/mol. The second kappa shape index (κ2) is 8.32. The number of anilines is 1. The van der Waals surface area contributed by atoms with Crippen molar-refractivity contribution in [3.63, 3.8) is 0 Å². The standard InChI is InChI=1S/C24H17ClF2N2O2/c1-28(14-15-5-3-2-4-6-15)22-21(16-7-9-17(25)10-8-16)23(30)29(24(22)31)18-11-12-19(26)20(27)13-18/h2-13H,14H2,1H3. The number of imide groups is 1. The lowest BCUT2D eigenvalue weighted by Gasteiger charge is -2.21. The molecule has 3 aromatic carbocycles. The summed E-state index contributed by atoms with van der Waals surface area (Å²) in [6, 6.07) is 18.9. The zero-order valence-corrected chi connectivity index (χ0v) is 17.2. The number of halogens is 3. The average Bonchev–Trinajstić information content (AvgIpc) is 3.02. The molecule has 156 valence electrons. The van der Waals surface area contributed by atoms with Crippen molar-refractivity contribution in [1.29, 1.82) is 0 Å². The van der Waals surface area contributed by atoms with E-state index in [9.17, 15) is 18.4 Å². The summed E-state index contributed by atoms with van der Waals surface area (Å²) in [7, 11) is 1.71. The van der Waals surface area contributed by atoms with Crippen LogP contribution in [0.25, 0.3) is 5.57 Å². The van der Waals surface area contributed by atoms with Crippen LogP contribution in [0.3, 0.4) is 0 Å². The van der Waals surface area contributed by atoms with Gasteiger partial charge < -0.3 is 4.90 Å². The Morgan fingerprint density at radius 2 is 1.55 bits per heavy atom. The van der Waals surface area contributed by atoms with Crippen molar-refractivity contribution in [2.75, 3.05) is 11.9 Å². The van der Waals surface area contributed by atoms with Gasteiger partial charge in [0, 0.05) is 24.7 Å². The maximum absolute atomic E-state index is 13.8. The monoisotopic (exact) mass is 438 g/mol. The molecule has 0 aromatic heterocycles. The molecule has 0 bridgehead atoms. The Balaban J connectivity index is 1.80.